The first-order valence-corrected chi connectivity index (χ1v) is 10.1. The zero-order valence-corrected chi connectivity index (χ0v) is 18.2. The molecule has 5 nitrogen and oxygen atoms in total. The van der Waals surface area contributed by atoms with Crippen LogP contribution in [0, 0.1) is 25.2 Å². The smallest absolute Gasteiger partial charge is 0.358 e. The fourth-order valence-corrected chi connectivity index (χ4v) is 3.40. The standard InChI is InChI=1S/C23H27F3N4O/c1-5-30(6-2)11-10-28-22(31)21-15(3)20(29-16(21)4)13-18(14-27)17-8-7-9-19(12-17)23(24,25)26/h7-9,12-13,29H,5-6,10-11H2,1-4H3,(H,28,31)/b18-13+. The Bertz CT molecular complexity index is 995. The van der Waals surface area contributed by atoms with E-state index in [4.69, 9.17) is 0 Å². The molecule has 0 aliphatic carbocycles. The van der Waals surface area contributed by atoms with Crippen LogP contribution < -0.4 is 5.32 Å². The SMILES string of the molecule is CCN(CC)CCNC(=O)c1c(C)[nH]c(/C=C(\C#N)c2cccc(C(F)(F)F)c2)c1C. The number of halogens is 3. The van der Waals surface area contributed by atoms with Gasteiger partial charge >= 0.3 is 6.18 Å². The van der Waals surface area contributed by atoms with Crippen molar-refractivity contribution in [2.45, 2.75) is 33.9 Å². The van der Waals surface area contributed by atoms with Gasteiger partial charge in [0.1, 0.15) is 0 Å². The number of carbonyl (C=O) groups excluding carboxylic acids is 1. The molecular formula is C23H27F3N4O. The number of aryl methyl sites for hydroxylation is 1. The Hall–Kier alpha value is -3.05. The highest BCUT2D eigenvalue weighted by molar-refractivity contribution is 5.99. The maximum absolute atomic E-state index is 13.0. The summed E-state index contributed by atoms with van der Waals surface area (Å²) in [6.07, 6.45) is -3.02. The number of hydrogen-bond donors (Lipinski definition) is 2. The Kier molecular flexibility index (Phi) is 8.06. The fourth-order valence-electron chi connectivity index (χ4n) is 3.40. The number of carbonyl (C=O) groups is 1. The van der Waals surface area contributed by atoms with Crippen LogP contribution in [0.5, 0.6) is 0 Å². The van der Waals surface area contributed by atoms with Crippen LogP contribution in [-0.4, -0.2) is 42.0 Å². The van der Waals surface area contributed by atoms with E-state index in [0.717, 1.165) is 31.8 Å². The monoisotopic (exact) mass is 432 g/mol. The topological polar surface area (TPSA) is 71.9 Å². The Balaban J connectivity index is 2.29. The van der Waals surface area contributed by atoms with Gasteiger partial charge in [-0.3, -0.25) is 4.79 Å². The van der Waals surface area contributed by atoms with Crippen molar-refractivity contribution in [2.24, 2.45) is 0 Å². The molecule has 0 saturated carbocycles. The zero-order chi connectivity index (χ0) is 23.2. The van der Waals surface area contributed by atoms with E-state index in [1.807, 2.05) is 6.07 Å². The number of aromatic amines is 1. The van der Waals surface area contributed by atoms with Crippen molar-refractivity contribution in [3.63, 3.8) is 0 Å². The Morgan fingerprint density at radius 1 is 1.26 bits per heavy atom. The molecule has 0 spiro atoms. The predicted molar refractivity (Wildman–Crippen MR) is 115 cm³/mol. The van der Waals surface area contributed by atoms with E-state index in [2.05, 4.69) is 29.0 Å². The number of amides is 1. The molecular weight excluding hydrogens is 405 g/mol. The first-order valence-electron chi connectivity index (χ1n) is 10.1. The second-order valence-electron chi connectivity index (χ2n) is 7.19. The van der Waals surface area contributed by atoms with Crippen molar-refractivity contribution < 1.29 is 18.0 Å². The van der Waals surface area contributed by atoms with Gasteiger partial charge in [-0.05, 0) is 56.3 Å². The maximum Gasteiger partial charge on any atom is 0.416 e. The van der Waals surface area contributed by atoms with E-state index in [1.165, 1.54) is 18.2 Å². The number of aromatic nitrogens is 1. The van der Waals surface area contributed by atoms with Gasteiger partial charge in [-0.1, -0.05) is 26.0 Å². The van der Waals surface area contributed by atoms with Crippen LogP contribution >= 0.6 is 0 Å². The summed E-state index contributed by atoms with van der Waals surface area (Å²) < 4.78 is 39.0. The number of likely N-dealkylation sites (N-methyl/N-ethyl adjacent to an activating group) is 1. The third-order valence-corrected chi connectivity index (χ3v) is 5.22. The van der Waals surface area contributed by atoms with Crippen LogP contribution in [0.25, 0.3) is 11.6 Å². The van der Waals surface area contributed by atoms with Gasteiger partial charge in [0.15, 0.2) is 0 Å². The second kappa shape index (κ2) is 10.3. The summed E-state index contributed by atoms with van der Waals surface area (Å²) >= 11 is 0. The number of nitriles is 1. The molecule has 0 atom stereocenters. The lowest BCUT2D eigenvalue weighted by atomic mass is 10.0. The molecule has 0 unspecified atom stereocenters. The molecule has 2 rings (SSSR count). The second-order valence-corrected chi connectivity index (χ2v) is 7.19. The first-order chi connectivity index (χ1) is 14.6. The van der Waals surface area contributed by atoms with Crippen LogP contribution in [0.3, 0.4) is 0 Å². The highest BCUT2D eigenvalue weighted by atomic mass is 19.4. The summed E-state index contributed by atoms with van der Waals surface area (Å²) in [5, 5.41) is 12.4. The summed E-state index contributed by atoms with van der Waals surface area (Å²) in [7, 11) is 0. The minimum Gasteiger partial charge on any atom is -0.358 e. The molecule has 0 aliphatic rings. The normalized spacial score (nSPS) is 12.2. The third kappa shape index (κ3) is 5.98. The Morgan fingerprint density at radius 3 is 2.52 bits per heavy atom. The van der Waals surface area contributed by atoms with Crippen molar-refractivity contribution in [3.05, 3.63) is 57.9 Å². The molecule has 1 aromatic heterocycles. The molecule has 2 aromatic rings. The minimum atomic E-state index is -4.49. The first kappa shape index (κ1) is 24.2. The quantitative estimate of drug-likeness (QED) is 0.590. The molecule has 1 aromatic carbocycles. The molecule has 0 radical (unpaired) electrons. The molecule has 31 heavy (non-hydrogen) atoms. The molecule has 8 heteroatoms. The van der Waals surface area contributed by atoms with E-state index < -0.39 is 11.7 Å². The van der Waals surface area contributed by atoms with Gasteiger partial charge < -0.3 is 15.2 Å². The van der Waals surface area contributed by atoms with E-state index in [0.29, 0.717) is 29.1 Å². The summed E-state index contributed by atoms with van der Waals surface area (Å²) in [5.41, 5.74) is 1.67. The average Bonchev–Trinajstić information content (AvgIpc) is 3.01. The number of H-pyrrole nitrogens is 1. The molecule has 0 saturated heterocycles. The zero-order valence-electron chi connectivity index (χ0n) is 18.2. The summed E-state index contributed by atoms with van der Waals surface area (Å²) in [5.74, 6) is -0.226. The highest BCUT2D eigenvalue weighted by Gasteiger charge is 2.30. The Labute approximate surface area is 180 Å². The molecule has 0 bridgehead atoms. The van der Waals surface area contributed by atoms with Crippen LogP contribution in [0.4, 0.5) is 13.2 Å². The summed E-state index contributed by atoms with van der Waals surface area (Å²) in [6.45, 7) is 10.6. The molecule has 0 aliphatic heterocycles. The lowest BCUT2D eigenvalue weighted by Gasteiger charge is -2.18. The molecule has 166 valence electrons. The number of allylic oxidation sites excluding steroid dienone is 1. The van der Waals surface area contributed by atoms with Gasteiger partial charge in [-0.15, -0.1) is 0 Å². The highest BCUT2D eigenvalue weighted by Crippen LogP contribution is 2.31. The van der Waals surface area contributed by atoms with E-state index >= 15 is 0 Å². The number of hydrogen-bond acceptors (Lipinski definition) is 3. The van der Waals surface area contributed by atoms with Gasteiger partial charge in [0.2, 0.25) is 0 Å². The van der Waals surface area contributed by atoms with Crippen LogP contribution in [-0.2, 0) is 6.18 Å². The van der Waals surface area contributed by atoms with Crippen LogP contribution in [0.1, 0.15) is 52.3 Å². The van der Waals surface area contributed by atoms with Gasteiger partial charge in [-0.25, -0.2) is 0 Å². The van der Waals surface area contributed by atoms with Gasteiger partial charge in [0.05, 0.1) is 22.8 Å². The lowest BCUT2D eigenvalue weighted by molar-refractivity contribution is -0.137. The van der Waals surface area contributed by atoms with Crippen molar-refractivity contribution in [1.82, 2.24) is 15.2 Å². The lowest BCUT2D eigenvalue weighted by Crippen LogP contribution is -2.35. The van der Waals surface area contributed by atoms with Gasteiger partial charge in [0, 0.05) is 24.5 Å². The largest absolute Gasteiger partial charge is 0.416 e. The number of benzene rings is 1. The van der Waals surface area contributed by atoms with E-state index in [9.17, 15) is 23.2 Å². The van der Waals surface area contributed by atoms with E-state index in [1.54, 1.807) is 13.8 Å². The van der Waals surface area contributed by atoms with Crippen molar-refractivity contribution >= 4 is 17.6 Å². The van der Waals surface area contributed by atoms with Crippen molar-refractivity contribution in [2.75, 3.05) is 26.2 Å². The van der Waals surface area contributed by atoms with Crippen molar-refractivity contribution in [3.8, 4) is 6.07 Å². The number of rotatable bonds is 8. The molecule has 2 N–H and O–H groups in total. The fraction of sp³-hybridized carbons (Fsp3) is 0.391. The van der Waals surface area contributed by atoms with E-state index in [-0.39, 0.29) is 17.0 Å². The number of nitrogens with zero attached hydrogens (tertiary/aromatic N) is 2. The van der Waals surface area contributed by atoms with Gasteiger partial charge in [-0.2, -0.15) is 18.4 Å². The third-order valence-electron chi connectivity index (χ3n) is 5.22. The average molecular weight is 432 g/mol. The Morgan fingerprint density at radius 2 is 1.94 bits per heavy atom. The van der Waals surface area contributed by atoms with Crippen LogP contribution in [0.2, 0.25) is 0 Å². The summed E-state index contributed by atoms with van der Waals surface area (Å²) in [6, 6.07) is 6.59. The van der Waals surface area contributed by atoms with Gasteiger partial charge in [0.25, 0.3) is 5.91 Å². The predicted octanol–water partition coefficient (Wildman–Crippen LogP) is 4.79. The molecule has 1 heterocycles. The maximum atomic E-state index is 13.0. The number of nitrogens with one attached hydrogen (secondary N) is 2. The van der Waals surface area contributed by atoms with Crippen LogP contribution in [0.15, 0.2) is 24.3 Å². The molecule has 1 amide bonds. The molecule has 0 fully saturated rings. The number of alkyl halides is 3. The summed E-state index contributed by atoms with van der Waals surface area (Å²) in [4.78, 5) is 17.9. The minimum absolute atomic E-state index is 0.0731. The van der Waals surface area contributed by atoms with Crippen molar-refractivity contribution in [1.29, 1.82) is 5.26 Å².